The summed E-state index contributed by atoms with van der Waals surface area (Å²) >= 11 is 1.37. The van der Waals surface area contributed by atoms with Gasteiger partial charge < -0.3 is 9.80 Å². The van der Waals surface area contributed by atoms with Crippen molar-refractivity contribution in [3.63, 3.8) is 0 Å². The van der Waals surface area contributed by atoms with Crippen molar-refractivity contribution in [2.75, 3.05) is 31.1 Å². The minimum atomic E-state index is -4.61. The van der Waals surface area contributed by atoms with Crippen LogP contribution in [-0.4, -0.2) is 57.4 Å². The Morgan fingerprint density at radius 2 is 1.91 bits per heavy atom. The lowest BCUT2D eigenvalue weighted by Gasteiger charge is -2.46. The predicted octanol–water partition coefficient (Wildman–Crippen LogP) is 6.91. The molecule has 4 aliphatic rings. The van der Waals surface area contributed by atoms with Crippen LogP contribution in [0.4, 0.5) is 18.9 Å². The number of benzene rings is 2. The number of rotatable bonds is 6. The predicted molar refractivity (Wildman–Crippen MR) is 171 cm³/mol. The van der Waals surface area contributed by atoms with Gasteiger partial charge in [-0.05, 0) is 111 Å². The topological polar surface area (TPSA) is 69.6 Å². The van der Waals surface area contributed by atoms with Gasteiger partial charge in [-0.1, -0.05) is 30.1 Å². The van der Waals surface area contributed by atoms with E-state index in [1.54, 1.807) is 12.1 Å². The molecule has 2 amide bonds. The first kappa shape index (κ1) is 31.1. The zero-order valence-electron chi connectivity index (χ0n) is 26.4. The highest BCUT2D eigenvalue weighted by atomic mass is 32.1. The lowest BCUT2D eigenvalue weighted by atomic mass is 9.57. The number of likely N-dealkylation sites (tertiary alicyclic amines) is 2. The molecule has 2 saturated heterocycles. The van der Waals surface area contributed by atoms with Gasteiger partial charge in [-0.2, -0.15) is 13.2 Å². The average molecular weight is 650 g/mol. The van der Waals surface area contributed by atoms with E-state index in [-0.39, 0.29) is 40.5 Å². The second-order valence-electron chi connectivity index (χ2n) is 13.9. The Morgan fingerprint density at radius 1 is 1.15 bits per heavy atom. The third-order valence-electron chi connectivity index (χ3n) is 11.0. The van der Waals surface area contributed by atoms with Gasteiger partial charge in [-0.3, -0.25) is 14.5 Å². The molecule has 3 fully saturated rings. The first-order chi connectivity index (χ1) is 21.8. The van der Waals surface area contributed by atoms with Gasteiger partial charge in [0.1, 0.15) is 0 Å². The summed E-state index contributed by atoms with van der Waals surface area (Å²) in [6.45, 7) is 12.3. The molecular weight excluding hydrogens is 611 g/mol. The van der Waals surface area contributed by atoms with Crippen LogP contribution in [0, 0.1) is 18.3 Å². The van der Waals surface area contributed by atoms with E-state index < -0.39 is 17.6 Å². The van der Waals surface area contributed by atoms with Crippen LogP contribution in [0.5, 0.6) is 0 Å². The van der Waals surface area contributed by atoms with E-state index >= 15 is 0 Å². The summed E-state index contributed by atoms with van der Waals surface area (Å²) in [7, 11) is 0. The average Bonchev–Trinajstić information content (AvgIpc) is 3.81. The van der Waals surface area contributed by atoms with Crippen LogP contribution in [0.3, 0.4) is 0 Å². The maximum Gasteiger partial charge on any atom is 0.416 e. The standard InChI is InChI=1S/C35H38F3N5O2S/c1-5-30(44)42-12-10-33(20-42)9-11-41(19-33)22(3)24-13-27-28(29(14-24)35(36,37)38)18-43(32(27)45)26-8-6-7-25(15-26)34(16-21(2)17-34)31-23(4)46-40-39-31/h5-8,13-15,21-22H,1,9-12,16-20H2,2-4H3/t21?,22-,33-,34?/m0/s1. The Labute approximate surface area is 271 Å². The van der Waals surface area contributed by atoms with Crippen molar-refractivity contribution in [1.29, 1.82) is 0 Å². The number of hydrogen-bond acceptors (Lipinski definition) is 6. The maximum absolute atomic E-state index is 14.6. The number of aromatic nitrogens is 2. The molecule has 4 heterocycles. The molecule has 2 aromatic carbocycles. The number of alkyl halides is 3. The summed E-state index contributed by atoms with van der Waals surface area (Å²) in [5.41, 5.74) is 2.04. The van der Waals surface area contributed by atoms with E-state index in [4.69, 9.17) is 0 Å². The monoisotopic (exact) mass is 649 g/mol. The number of carbonyl (C=O) groups excluding carboxylic acids is 2. The normalized spacial score (nSPS) is 26.9. The molecule has 1 saturated carbocycles. The highest BCUT2D eigenvalue weighted by Gasteiger charge is 2.49. The van der Waals surface area contributed by atoms with Crippen molar-refractivity contribution in [1.82, 2.24) is 19.4 Å². The lowest BCUT2D eigenvalue weighted by molar-refractivity contribution is -0.138. The molecule has 1 spiro atoms. The molecule has 11 heteroatoms. The van der Waals surface area contributed by atoms with Crippen LogP contribution in [0.25, 0.3) is 0 Å². The fraction of sp³-hybridized carbons (Fsp3) is 0.486. The molecule has 0 unspecified atom stereocenters. The molecule has 3 aromatic rings. The van der Waals surface area contributed by atoms with E-state index in [0.717, 1.165) is 48.4 Å². The minimum Gasteiger partial charge on any atom is -0.339 e. The second-order valence-corrected chi connectivity index (χ2v) is 14.9. The smallest absolute Gasteiger partial charge is 0.339 e. The van der Waals surface area contributed by atoms with Crippen LogP contribution in [0.1, 0.15) is 88.8 Å². The highest BCUT2D eigenvalue weighted by Crippen LogP contribution is 2.53. The number of aryl methyl sites for hydroxylation is 1. The molecular formula is C35H38F3N5O2S. The molecule has 0 bridgehead atoms. The van der Waals surface area contributed by atoms with Crippen LogP contribution in [0.15, 0.2) is 49.1 Å². The summed E-state index contributed by atoms with van der Waals surface area (Å²) in [6, 6.07) is 10.3. The van der Waals surface area contributed by atoms with Crippen LogP contribution in [0.2, 0.25) is 0 Å². The fourth-order valence-corrected chi connectivity index (χ4v) is 9.13. The van der Waals surface area contributed by atoms with Gasteiger partial charge in [0.15, 0.2) is 0 Å². The summed E-state index contributed by atoms with van der Waals surface area (Å²) in [5.74, 6) is 0.00416. The van der Waals surface area contributed by atoms with Gasteiger partial charge in [0.25, 0.3) is 5.91 Å². The number of carbonyl (C=O) groups is 2. The summed E-state index contributed by atoms with van der Waals surface area (Å²) < 4.78 is 48.0. The summed E-state index contributed by atoms with van der Waals surface area (Å²) in [4.78, 5) is 32.7. The molecule has 7 rings (SSSR count). The molecule has 0 radical (unpaired) electrons. The number of anilines is 1. The van der Waals surface area contributed by atoms with Crippen molar-refractivity contribution in [3.05, 3.63) is 87.4 Å². The van der Waals surface area contributed by atoms with E-state index in [0.29, 0.717) is 36.8 Å². The van der Waals surface area contributed by atoms with Gasteiger partial charge in [0.05, 0.1) is 17.8 Å². The zero-order chi connectivity index (χ0) is 32.6. The van der Waals surface area contributed by atoms with Crippen molar-refractivity contribution < 1.29 is 22.8 Å². The van der Waals surface area contributed by atoms with Gasteiger partial charge in [0, 0.05) is 52.6 Å². The third kappa shape index (κ3) is 4.97. The van der Waals surface area contributed by atoms with Crippen molar-refractivity contribution in [2.24, 2.45) is 11.3 Å². The molecule has 0 N–H and O–H groups in total. The van der Waals surface area contributed by atoms with E-state index in [9.17, 15) is 22.8 Å². The minimum absolute atomic E-state index is 0.0256. The molecule has 1 aromatic heterocycles. The van der Waals surface area contributed by atoms with Gasteiger partial charge >= 0.3 is 6.18 Å². The lowest BCUT2D eigenvalue weighted by Crippen LogP contribution is -2.42. The molecule has 242 valence electrons. The highest BCUT2D eigenvalue weighted by molar-refractivity contribution is 7.05. The summed E-state index contributed by atoms with van der Waals surface area (Å²) in [6.07, 6.45) is 0.253. The number of hydrogen-bond donors (Lipinski definition) is 0. The van der Waals surface area contributed by atoms with Gasteiger partial charge in [-0.15, -0.1) is 5.10 Å². The Bertz CT molecular complexity index is 1730. The van der Waals surface area contributed by atoms with Crippen LogP contribution < -0.4 is 4.90 Å². The SMILES string of the molecule is C=CC(=O)N1CC[C@]2(CCN([C@@H](C)c3cc4c(c(C(F)(F)F)c3)CN(c3cccc(C5(c6nnsc6C)CC(C)C5)c3)C4=O)C2)C1. The first-order valence-corrected chi connectivity index (χ1v) is 16.7. The largest absolute Gasteiger partial charge is 0.416 e. The van der Waals surface area contributed by atoms with Crippen molar-refractivity contribution in [3.8, 4) is 0 Å². The molecule has 46 heavy (non-hydrogen) atoms. The Balaban J connectivity index is 1.18. The number of nitrogens with zero attached hydrogens (tertiary/aromatic N) is 5. The fourth-order valence-electron chi connectivity index (χ4n) is 8.57. The third-order valence-corrected chi connectivity index (χ3v) is 11.6. The van der Waals surface area contributed by atoms with Gasteiger partial charge in [0.2, 0.25) is 5.91 Å². The Morgan fingerprint density at radius 3 is 2.59 bits per heavy atom. The molecule has 3 aliphatic heterocycles. The molecule has 1 aliphatic carbocycles. The van der Waals surface area contributed by atoms with Crippen molar-refractivity contribution >= 4 is 29.0 Å². The van der Waals surface area contributed by atoms with E-state index in [1.165, 1.54) is 28.6 Å². The second kappa shape index (κ2) is 11.0. The van der Waals surface area contributed by atoms with Crippen LogP contribution in [-0.2, 0) is 22.9 Å². The number of halogens is 3. The quantitative estimate of drug-likeness (QED) is 0.272. The molecule has 2 atom stereocenters. The zero-order valence-corrected chi connectivity index (χ0v) is 27.2. The number of amides is 2. The Hall–Kier alpha value is -3.57. The number of fused-ring (bicyclic) bond motifs is 1. The first-order valence-electron chi connectivity index (χ1n) is 16.0. The van der Waals surface area contributed by atoms with Crippen LogP contribution >= 0.6 is 11.5 Å². The van der Waals surface area contributed by atoms with E-state index in [1.807, 2.05) is 36.9 Å². The van der Waals surface area contributed by atoms with Crippen molar-refractivity contribution in [2.45, 2.75) is 70.6 Å². The van der Waals surface area contributed by atoms with Gasteiger partial charge in [-0.25, -0.2) is 0 Å². The Kier molecular flexibility index (Phi) is 7.43. The maximum atomic E-state index is 14.6. The van der Waals surface area contributed by atoms with E-state index in [2.05, 4.69) is 28.0 Å². The summed E-state index contributed by atoms with van der Waals surface area (Å²) in [5, 5.41) is 4.47. The molecule has 7 nitrogen and oxygen atoms in total.